The van der Waals surface area contributed by atoms with Crippen LogP contribution in [0.1, 0.15) is 38.3 Å². The summed E-state index contributed by atoms with van der Waals surface area (Å²) in [5.74, 6) is -4.12. The summed E-state index contributed by atoms with van der Waals surface area (Å²) in [6.45, 7) is 9.15. The third kappa shape index (κ3) is 11.0. The van der Waals surface area contributed by atoms with E-state index in [4.69, 9.17) is 12.3 Å². The normalized spacial score (nSPS) is 16.5. The number of carboxylic acid groups (broad SMARTS) is 1. The highest BCUT2D eigenvalue weighted by molar-refractivity contribution is 5.90. The van der Waals surface area contributed by atoms with E-state index in [1.54, 1.807) is 44.2 Å². The van der Waals surface area contributed by atoms with Crippen LogP contribution in [-0.2, 0) is 19.2 Å². The summed E-state index contributed by atoms with van der Waals surface area (Å²) in [5, 5.41) is 57.3. The summed E-state index contributed by atoms with van der Waals surface area (Å²) >= 11 is 0. The number of amides is 3. The van der Waals surface area contributed by atoms with Crippen molar-refractivity contribution in [2.24, 2.45) is 11.7 Å². The SMILES string of the molecule is [C-]#[N+]CC(N)C(=O)NC(CC(C)C)C(=O)NC(CO)C(O)C(O)C(O)C(=O)NC(CC(=O)O)c1ccccc1. The average Bonchev–Trinajstić information content (AvgIpc) is 2.89. The second-order valence-corrected chi connectivity index (χ2v) is 9.43. The first kappa shape index (κ1) is 33.4. The van der Waals surface area contributed by atoms with Gasteiger partial charge in [0.15, 0.2) is 12.1 Å². The molecule has 3 amide bonds. The van der Waals surface area contributed by atoms with E-state index in [1.807, 2.05) is 0 Å². The molecule has 0 aromatic heterocycles. The van der Waals surface area contributed by atoms with Crippen molar-refractivity contribution in [2.45, 2.75) is 69.2 Å². The molecule has 7 atom stereocenters. The molecule has 1 aromatic rings. The van der Waals surface area contributed by atoms with E-state index < -0.39 is 79.2 Å². The Hall–Kier alpha value is -3.61. The van der Waals surface area contributed by atoms with E-state index in [1.165, 1.54) is 0 Å². The van der Waals surface area contributed by atoms with Crippen LogP contribution in [0.25, 0.3) is 4.85 Å². The number of benzene rings is 1. The molecule has 0 fully saturated rings. The Kier molecular flexibility index (Phi) is 14.0. The van der Waals surface area contributed by atoms with Gasteiger partial charge in [-0.1, -0.05) is 44.2 Å². The maximum absolute atomic E-state index is 12.9. The average molecular weight is 552 g/mol. The molecule has 0 spiro atoms. The van der Waals surface area contributed by atoms with E-state index in [0.29, 0.717) is 5.56 Å². The summed E-state index contributed by atoms with van der Waals surface area (Å²) in [6, 6.07) is 3.07. The molecule has 0 bridgehead atoms. The number of aliphatic hydroxyl groups is 4. The van der Waals surface area contributed by atoms with Crippen molar-refractivity contribution in [2.75, 3.05) is 13.2 Å². The molecule has 216 valence electrons. The van der Waals surface area contributed by atoms with Gasteiger partial charge in [-0.15, -0.1) is 0 Å². The molecule has 7 unspecified atom stereocenters. The van der Waals surface area contributed by atoms with Gasteiger partial charge in [-0.25, -0.2) is 6.57 Å². The zero-order chi connectivity index (χ0) is 29.7. The van der Waals surface area contributed by atoms with Gasteiger partial charge in [0.2, 0.25) is 18.4 Å². The van der Waals surface area contributed by atoms with Crippen LogP contribution in [-0.4, -0.2) is 98.8 Å². The highest BCUT2D eigenvalue weighted by Crippen LogP contribution is 2.17. The van der Waals surface area contributed by atoms with Gasteiger partial charge < -0.3 is 52.1 Å². The van der Waals surface area contributed by atoms with Crippen molar-refractivity contribution in [3.63, 3.8) is 0 Å². The monoisotopic (exact) mass is 551 g/mol. The maximum Gasteiger partial charge on any atom is 0.305 e. The quantitative estimate of drug-likeness (QED) is 0.0992. The third-order valence-electron chi connectivity index (χ3n) is 5.74. The summed E-state index contributed by atoms with van der Waals surface area (Å²) in [4.78, 5) is 52.0. The molecular formula is C25H37N5O9. The van der Waals surface area contributed by atoms with E-state index in [0.717, 1.165) is 0 Å². The number of rotatable bonds is 16. The van der Waals surface area contributed by atoms with Crippen LogP contribution in [0.2, 0.25) is 0 Å². The predicted octanol–water partition coefficient (Wildman–Crippen LogP) is -2.34. The molecule has 1 rings (SSSR count). The van der Waals surface area contributed by atoms with Crippen molar-refractivity contribution >= 4 is 23.7 Å². The second-order valence-electron chi connectivity index (χ2n) is 9.43. The Morgan fingerprint density at radius 1 is 0.949 bits per heavy atom. The number of hydrogen-bond donors (Lipinski definition) is 9. The van der Waals surface area contributed by atoms with Crippen molar-refractivity contribution in [1.82, 2.24) is 16.0 Å². The van der Waals surface area contributed by atoms with Gasteiger partial charge in [-0.2, -0.15) is 0 Å². The molecule has 1 aromatic carbocycles. The minimum atomic E-state index is -2.26. The van der Waals surface area contributed by atoms with E-state index in [-0.39, 0.29) is 18.9 Å². The molecule has 0 heterocycles. The first-order valence-electron chi connectivity index (χ1n) is 12.2. The lowest BCUT2D eigenvalue weighted by Crippen LogP contribution is -2.60. The van der Waals surface area contributed by atoms with Gasteiger partial charge in [0.25, 0.3) is 5.91 Å². The number of aliphatic hydroxyl groups excluding tert-OH is 4. The smallest absolute Gasteiger partial charge is 0.305 e. The Morgan fingerprint density at radius 3 is 2.08 bits per heavy atom. The summed E-state index contributed by atoms with van der Waals surface area (Å²) in [5.41, 5.74) is 6.03. The number of carbonyl (C=O) groups is 4. The summed E-state index contributed by atoms with van der Waals surface area (Å²) < 4.78 is 0. The van der Waals surface area contributed by atoms with Crippen LogP contribution in [0.3, 0.4) is 0 Å². The number of nitrogens with zero attached hydrogens (tertiary/aromatic N) is 1. The fourth-order valence-corrected chi connectivity index (χ4v) is 3.63. The Balaban J connectivity index is 2.95. The lowest BCUT2D eigenvalue weighted by Gasteiger charge is -2.31. The molecule has 14 nitrogen and oxygen atoms in total. The molecule has 0 saturated heterocycles. The fraction of sp³-hybridized carbons (Fsp3) is 0.560. The molecule has 0 aliphatic rings. The van der Waals surface area contributed by atoms with Crippen LogP contribution in [0.4, 0.5) is 0 Å². The zero-order valence-electron chi connectivity index (χ0n) is 21.7. The summed E-state index contributed by atoms with van der Waals surface area (Å²) in [7, 11) is 0. The van der Waals surface area contributed by atoms with Gasteiger partial charge >= 0.3 is 5.97 Å². The number of aliphatic carboxylic acids is 1. The minimum absolute atomic E-state index is 0.0879. The zero-order valence-corrected chi connectivity index (χ0v) is 21.7. The van der Waals surface area contributed by atoms with Crippen LogP contribution in [0.15, 0.2) is 30.3 Å². The first-order chi connectivity index (χ1) is 18.3. The highest BCUT2D eigenvalue weighted by atomic mass is 16.4. The Morgan fingerprint density at radius 2 is 1.56 bits per heavy atom. The van der Waals surface area contributed by atoms with Crippen LogP contribution in [0.5, 0.6) is 0 Å². The molecule has 0 saturated carbocycles. The third-order valence-corrected chi connectivity index (χ3v) is 5.74. The van der Waals surface area contributed by atoms with Gasteiger partial charge in [0, 0.05) is 0 Å². The van der Waals surface area contributed by atoms with E-state index in [2.05, 4.69) is 20.8 Å². The van der Waals surface area contributed by atoms with Crippen molar-refractivity contribution in [3.05, 3.63) is 47.3 Å². The lowest BCUT2D eigenvalue weighted by atomic mass is 9.98. The topological polar surface area (TPSA) is 236 Å². The second kappa shape index (κ2) is 16.4. The van der Waals surface area contributed by atoms with Gasteiger partial charge in [-0.3, -0.25) is 19.2 Å². The number of carboxylic acids is 1. The molecule has 0 radical (unpaired) electrons. The predicted molar refractivity (Wildman–Crippen MR) is 137 cm³/mol. The minimum Gasteiger partial charge on any atom is -0.481 e. The fourth-order valence-electron chi connectivity index (χ4n) is 3.63. The molecular weight excluding hydrogens is 514 g/mol. The van der Waals surface area contributed by atoms with Crippen molar-refractivity contribution < 1.29 is 44.7 Å². The van der Waals surface area contributed by atoms with E-state index in [9.17, 15) is 44.7 Å². The largest absolute Gasteiger partial charge is 0.481 e. The molecule has 0 aliphatic heterocycles. The van der Waals surface area contributed by atoms with E-state index >= 15 is 0 Å². The lowest BCUT2D eigenvalue weighted by molar-refractivity contribution is -0.145. The summed E-state index contributed by atoms with van der Waals surface area (Å²) in [6.07, 6.45) is -6.90. The first-order valence-corrected chi connectivity index (χ1v) is 12.2. The molecule has 0 aliphatic carbocycles. The number of carbonyl (C=O) groups excluding carboxylic acids is 3. The van der Waals surface area contributed by atoms with Gasteiger partial charge in [0.1, 0.15) is 18.2 Å². The van der Waals surface area contributed by atoms with Crippen molar-refractivity contribution in [3.8, 4) is 0 Å². The Bertz CT molecular complexity index is 1000. The van der Waals surface area contributed by atoms with Crippen LogP contribution < -0.4 is 21.7 Å². The molecule has 14 heteroatoms. The highest BCUT2D eigenvalue weighted by Gasteiger charge is 2.37. The van der Waals surface area contributed by atoms with Crippen LogP contribution >= 0.6 is 0 Å². The number of nitrogens with two attached hydrogens (primary N) is 1. The number of nitrogens with one attached hydrogen (secondary N) is 3. The number of hydrogen-bond acceptors (Lipinski definition) is 9. The van der Waals surface area contributed by atoms with Crippen molar-refractivity contribution in [1.29, 1.82) is 0 Å². The maximum atomic E-state index is 12.9. The van der Waals surface area contributed by atoms with Gasteiger partial charge in [0.05, 0.1) is 25.1 Å². The van der Waals surface area contributed by atoms with Crippen LogP contribution in [0, 0.1) is 12.5 Å². The molecule has 10 N–H and O–H groups in total. The molecule has 39 heavy (non-hydrogen) atoms. The Labute approximate surface area is 226 Å². The van der Waals surface area contributed by atoms with Gasteiger partial charge in [-0.05, 0) is 17.9 Å². The standard InChI is InChI=1S/C25H37N5O9/c1-13(2)9-17(29-23(37)15(26)11-27-3)24(38)30-18(12-31)20(34)21(35)22(36)25(39)28-16(10-19(32)33)14-7-5-4-6-8-14/h4-8,13,15-18,20-22,31,34-36H,9-12,26H2,1-2H3,(H,28,39)(H,29,37)(H,30,38)(H,32,33).